The molecule has 3 rings (SSSR count). The summed E-state index contributed by atoms with van der Waals surface area (Å²) in [6, 6.07) is 15.3. The number of benzene rings is 2. The van der Waals surface area contributed by atoms with Crippen LogP contribution in [0.15, 0.2) is 57.8 Å². The zero-order chi connectivity index (χ0) is 15.7. The Kier molecular flexibility index (Phi) is 4.03. The zero-order valence-electron chi connectivity index (χ0n) is 12.5. The molecule has 3 nitrogen and oxygen atoms in total. The average molecular weight is 358 g/mol. The monoisotopic (exact) mass is 357 g/mol. The number of hydrogen-bond donors (Lipinski definition) is 0. The van der Waals surface area contributed by atoms with Crippen molar-refractivity contribution < 1.29 is 4.74 Å². The van der Waals surface area contributed by atoms with E-state index < -0.39 is 0 Å². The first-order valence-electron chi connectivity index (χ1n) is 7.14. The van der Waals surface area contributed by atoms with Crippen molar-refractivity contribution in [1.82, 2.24) is 4.57 Å². The van der Waals surface area contributed by atoms with Gasteiger partial charge in [0.2, 0.25) is 0 Å². The molecule has 0 radical (unpaired) electrons. The van der Waals surface area contributed by atoms with E-state index in [-0.39, 0.29) is 5.56 Å². The minimum Gasteiger partial charge on any atom is -0.496 e. The van der Waals surface area contributed by atoms with Crippen molar-refractivity contribution in [2.24, 2.45) is 0 Å². The van der Waals surface area contributed by atoms with Crippen LogP contribution < -0.4 is 10.3 Å². The lowest BCUT2D eigenvalue weighted by Crippen LogP contribution is -2.23. The summed E-state index contributed by atoms with van der Waals surface area (Å²) in [5.41, 5.74) is 1.76. The molecule has 4 heteroatoms. The number of hydrogen-bond acceptors (Lipinski definition) is 2. The van der Waals surface area contributed by atoms with Gasteiger partial charge in [-0.05, 0) is 40.5 Å². The van der Waals surface area contributed by atoms with Crippen LogP contribution in [0.1, 0.15) is 12.6 Å². The molecular weight excluding hydrogens is 342 g/mol. The highest BCUT2D eigenvalue weighted by molar-refractivity contribution is 9.10. The first-order chi connectivity index (χ1) is 10.7. The number of halogens is 1. The molecule has 1 aromatic heterocycles. The van der Waals surface area contributed by atoms with E-state index in [0.29, 0.717) is 11.1 Å². The second-order valence-corrected chi connectivity index (χ2v) is 5.77. The smallest absolute Gasteiger partial charge is 0.267 e. The predicted octanol–water partition coefficient (Wildman–Crippen LogP) is 4.32. The summed E-state index contributed by atoms with van der Waals surface area (Å²) in [6.07, 6.45) is 0.748. The third kappa shape index (κ3) is 2.24. The Morgan fingerprint density at radius 2 is 1.82 bits per heavy atom. The van der Waals surface area contributed by atoms with Gasteiger partial charge in [0.15, 0.2) is 0 Å². The lowest BCUT2D eigenvalue weighted by molar-refractivity contribution is 0.419. The first-order valence-corrected chi connectivity index (χ1v) is 7.93. The van der Waals surface area contributed by atoms with Crippen molar-refractivity contribution >= 4 is 26.7 Å². The van der Waals surface area contributed by atoms with E-state index in [1.54, 1.807) is 11.7 Å². The normalized spacial score (nSPS) is 10.9. The summed E-state index contributed by atoms with van der Waals surface area (Å²) in [7, 11) is 1.59. The molecule has 3 aromatic rings. The van der Waals surface area contributed by atoms with Crippen LogP contribution in [-0.4, -0.2) is 11.7 Å². The molecule has 0 aliphatic carbocycles. The molecule has 0 aliphatic rings. The summed E-state index contributed by atoms with van der Waals surface area (Å²) in [5.74, 6) is 0.593. The topological polar surface area (TPSA) is 31.2 Å². The molecule has 0 spiro atoms. The molecule has 22 heavy (non-hydrogen) atoms. The zero-order valence-corrected chi connectivity index (χ0v) is 14.1. The molecule has 2 aromatic carbocycles. The fourth-order valence-electron chi connectivity index (χ4n) is 2.76. The molecule has 0 saturated carbocycles. The number of nitrogens with zero attached hydrogens (tertiary/aromatic N) is 1. The second-order valence-electron chi connectivity index (χ2n) is 4.97. The van der Waals surface area contributed by atoms with Crippen molar-refractivity contribution in [3.8, 4) is 11.4 Å². The summed E-state index contributed by atoms with van der Waals surface area (Å²) in [6.45, 7) is 2.05. The molecule has 1 heterocycles. The maximum Gasteiger partial charge on any atom is 0.267 e. The summed E-state index contributed by atoms with van der Waals surface area (Å²) in [4.78, 5) is 13.1. The van der Waals surface area contributed by atoms with Crippen LogP contribution in [0.5, 0.6) is 5.75 Å². The number of pyridine rings is 1. The van der Waals surface area contributed by atoms with Gasteiger partial charge < -0.3 is 4.74 Å². The Bertz CT molecular complexity index is 885. The fourth-order valence-corrected chi connectivity index (χ4v) is 3.54. The minimum absolute atomic E-state index is 0.0568. The molecule has 0 unspecified atom stereocenters. The third-order valence-corrected chi connectivity index (χ3v) is 4.66. The molecule has 112 valence electrons. The summed E-state index contributed by atoms with van der Waals surface area (Å²) < 4.78 is 8.09. The van der Waals surface area contributed by atoms with E-state index >= 15 is 0 Å². The van der Waals surface area contributed by atoms with Crippen LogP contribution in [0.3, 0.4) is 0 Å². The van der Waals surface area contributed by atoms with Crippen LogP contribution in [0, 0.1) is 0 Å². The van der Waals surface area contributed by atoms with Gasteiger partial charge >= 0.3 is 0 Å². The Morgan fingerprint density at radius 3 is 2.45 bits per heavy atom. The van der Waals surface area contributed by atoms with Crippen LogP contribution in [0.2, 0.25) is 0 Å². The Balaban J connectivity index is 2.52. The van der Waals surface area contributed by atoms with Crippen LogP contribution in [-0.2, 0) is 6.42 Å². The number of fused-ring (bicyclic) bond motifs is 1. The van der Waals surface area contributed by atoms with Crippen molar-refractivity contribution in [2.45, 2.75) is 13.3 Å². The molecule has 0 fully saturated rings. The maximum absolute atomic E-state index is 13.1. The quantitative estimate of drug-likeness (QED) is 0.698. The highest BCUT2D eigenvalue weighted by Gasteiger charge is 2.17. The Morgan fingerprint density at radius 1 is 1.09 bits per heavy atom. The predicted molar refractivity (Wildman–Crippen MR) is 93.2 cm³/mol. The van der Waals surface area contributed by atoms with Gasteiger partial charge in [-0.15, -0.1) is 0 Å². The highest BCUT2D eigenvalue weighted by atomic mass is 79.9. The molecule has 0 bridgehead atoms. The van der Waals surface area contributed by atoms with Gasteiger partial charge in [-0.25, -0.2) is 0 Å². The number of aromatic nitrogens is 1. The van der Waals surface area contributed by atoms with Gasteiger partial charge in [-0.3, -0.25) is 9.36 Å². The Labute approximate surface area is 137 Å². The largest absolute Gasteiger partial charge is 0.496 e. The fraction of sp³-hybridized carbons (Fsp3) is 0.167. The number of methoxy groups -OCH3 is 1. The molecule has 0 saturated heterocycles. The third-order valence-electron chi connectivity index (χ3n) is 3.77. The van der Waals surface area contributed by atoms with Crippen LogP contribution >= 0.6 is 15.9 Å². The van der Waals surface area contributed by atoms with Crippen molar-refractivity contribution in [3.63, 3.8) is 0 Å². The lowest BCUT2D eigenvalue weighted by atomic mass is 10.1. The standard InChI is InChI=1S/C18H16BrNO2/c1-3-14-17(19)13-10-7-11-15(22-2)16(13)18(21)20(14)12-8-5-4-6-9-12/h4-11H,3H2,1-2H3. The summed E-state index contributed by atoms with van der Waals surface area (Å²) >= 11 is 3.67. The van der Waals surface area contributed by atoms with E-state index in [4.69, 9.17) is 4.74 Å². The van der Waals surface area contributed by atoms with Gasteiger partial charge in [0.1, 0.15) is 5.75 Å². The van der Waals surface area contributed by atoms with Gasteiger partial charge in [0.05, 0.1) is 12.5 Å². The first kappa shape index (κ1) is 14.9. The molecule has 0 N–H and O–H groups in total. The van der Waals surface area contributed by atoms with E-state index in [1.807, 2.05) is 55.5 Å². The van der Waals surface area contributed by atoms with Crippen molar-refractivity contribution in [2.75, 3.05) is 7.11 Å². The van der Waals surface area contributed by atoms with Crippen molar-refractivity contribution in [1.29, 1.82) is 0 Å². The molecule has 0 amide bonds. The minimum atomic E-state index is -0.0568. The SMILES string of the molecule is CCc1c(Br)c2cccc(OC)c2c(=O)n1-c1ccccc1. The van der Waals surface area contributed by atoms with E-state index in [0.717, 1.165) is 27.7 Å². The van der Waals surface area contributed by atoms with Gasteiger partial charge in [-0.2, -0.15) is 0 Å². The molecule has 0 atom stereocenters. The van der Waals surface area contributed by atoms with Gasteiger partial charge in [0.25, 0.3) is 5.56 Å². The average Bonchev–Trinajstić information content (AvgIpc) is 2.57. The number of ether oxygens (including phenoxy) is 1. The summed E-state index contributed by atoms with van der Waals surface area (Å²) in [5, 5.41) is 1.48. The lowest BCUT2D eigenvalue weighted by Gasteiger charge is -2.17. The highest BCUT2D eigenvalue weighted by Crippen LogP contribution is 2.32. The number of para-hydroxylation sites is 1. The van der Waals surface area contributed by atoms with Gasteiger partial charge in [-0.1, -0.05) is 37.3 Å². The second kappa shape index (κ2) is 5.97. The van der Waals surface area contributed by atoms with Gasteiger partial charge in [0, 0.05) is 21.2 Å². The maximum atomic E-state index is 13.1. The molecular formula is C18H16BrNO2. The van der Waals surface area contributed by atoms with Crippen LogP contribution in [0.25, 0.3) is 16.5 Å². The molecule has 0 aliphatic heterocycles. The van der Waals surface area contributed by atoms with E-state index in [9.17, 15) is 4.79 Å². The number of rotatable bonds is 3. The Hall–Kier alpha value is -2.07. The van der Waals surface area contributed by atoms with Crippen molar-refractivity contribution in [3.05, 3.63) is 69.1 Å². The van der Waals surface area contributed by atoms with E-state index in [1.165, 1.54) is 0 Å². The van der Waals surface area contributed by atoms with Crippen LogP contribution in [0.4, 0.5) is 0 Å². The van der Waals surface area contributed by atoms with E-state index in [2.05, 4.69) is 15.9 Å².